The Morgan fingerprint density at radius 2 is 1.75 bits per heavy atom. The molecule has 8 heteroatoms. The monoisotopic (exact) mass is 392 g/mol. The second-order valence-electron chi connectivity index (χ2n) is 7.15. The van der Waals surface area contributed by atoms with Gasteiger partial charge in [0.15, 0.2) is 0 Å². The van der Waals surface area contributed by atoms with Crippen molar-refractivity contribution in [2.24, 2.45) is 5.92 Å². The molecule has 8 nitrogen and oxygen atoms in total. The van der Waals surface area contributed by atoms with Crippen LogP contribution in [0, 0.1) is 5.92 Å². The van der Waals surface area contributed by atoms with Crippen LogP contribution in [0.2, 0.25) is 0 Å². The number of aliphatic hydroxyl groups excluding tert-OH is 1. The molecule has 1 aromatic carbocycles. The minimum atomic E-state index is -1.31. The van der Waals surface area contributed by atoms with Crippen LogP contribution in [0.15, 0.2) is 30.3 Å². The molecule has 1 saturated carbocycles. The van der Waals surface area contributed by atoms with E-state index in [4.69, 9.17) is 4.74 Å². The Kier molecular flexibility index (Phi) is 8.25. The Labute approximate surface area is 164 Å². The number of aliphatic hydroxyl groups is 1. The normalized spacial score (nSPS) is 17.8. The van der Waals surface area contributed by atoms with Gasteiger partial charge >= 0.3 is 12.1 Å². The van der Waals surface area contributed by atoms with Crippen LogP contribution >= 0.6 is 0 Å². The van der Waals surface area contributed by atoms with Gasteiger partial charge in [0.2, 0.25) is 5.91 Å². The Morgan fingerprint density at radius 3 is 2.32 bits per heavy atom. The molecular weight excluding hydrogens is 364 g/mol. The maximum atomic E-state index is 12.5. The number of rotatable bonds is 8. The van der Waals surface area contributed by atoms with Gasteiger partial charge in [-0.05, 0) is 31.2 Å². The van der Waals surface area contributed by atoms with E-state index in [1.807, 2.05) is 6.07 Å². The van der Waals surface area contributed by atoms with Crippen molar-refractivity contribution >= 4 is 18.0 Å². The smallest absolute Gasteiger partial charge is 0.408 e. The highest BCUT2D eigenvalue weighted by molar-refractivity contribution is 5.89. The van der Waals surface area contributed by atoms with Crippen LogP contribution in [-0.4, -0.2) is 46.4 Å². The van der Waals surface area contributed by atoms with Crippen molar-refractivity contribution in [2.75, 3.05) is 0 Å². The first-order chi connectivity index (χ1) is 13.4. The molecule has 1 fully saturated rings. The highest BCUT2D eigenvalue weighted by Gasteiger charge is 2.34. The molecule has 0 radical (unpaired) electrons. The fourth-order valence-electron chi connectivity index (χ4n) is 3.39. The lowest BCUT2D eigenvalue weighted by Gasteiger charge is -2.30. The number of benzene rings is 1. The summed E-state index contributed by atoms with van der Waals surface area (Å²) in [6.07, 6.45) is 2.27. The largest absolute Gasteiger partial charge is 0.480 e. The van der Waals surface area contributed by atoms with E-state index in [0.29, 0.717) is 0 Å². The molecule has 0 unspecified atom stereocenters. The van der Waals surface area contributed by atoms with Gasteiger partial charge in [-0.25, -0.2) is 9.59 Å². The average molecular weight is 392 g/mol. The van der Waals surface area contributed by atoms with Crippen molar-refractivity contribution in [1.29, 1.82) is 0 Å². The zero-order valence-corrected chi connectivity index (χ0v) is 16.0. The predicted octanol–water partition coefficient (Wildman–Crippen LogP) is 1.81. The quantitative estimate of drug-likeness (QED) is 0.535. The summed E-state index contributed by atoms with van der Waals surface area (Å²) in [6.45, 7) is 1.36. The van der Waals surface area contributed by atoms with E-state index in [0.717, 1.165) is 37.7 Å². The standard InChI is InChI=1S/C20H28N2O6/c1-13(23)16(22-20(27)28-12-14-8-4-2-5-9-14)18(24)21-17(19(25)26)15-10-6-3-7-11-15/h2,4-5,8-9,13,15-17,23H,3,6-7,10-12H2,1H3,(H,21,24)(H,22,27)(H,25,26)/t13-,16+,17-/m1/s1. The van der Waals surface area contributed by atoms with Gasteiger partial charge in [-0.1, -0.05) is 49.6 Å². The van der Waals surface area contributed by atoms with Gasteiger partial charge < -0.3 is 25.6 Å². The summed E-state index contributed by atoms with van der Waals surface area (Å²) >= 11 is 0. The maximum Gasteiger partial charge on any atom is 0.408 e. The van der Waals surface area contributed by atoms with Crippen LogP contribution in [-0.2, 0) is 20.9 Å². The van der Waals surface area contributed by atoms with Gasteiger partial charge in [0.25, 0.3) is 0 Å². The van der Waals surface area contributed by atoms with Crippen LogP contribution < -0.4 is 10.6 Å². The molecule has 0 bridgehead atoms. The third-order valence-corrected chi connectivity index (χ3v) is 4.94. The lowest BCUT2D eigenvalue weighted by molar-refractivity contribution is -0.144. The van der Waals surface area contributed by atoms with E-state index in [-0.39, 0.29) is 12.5 Å². The Hall–Kier alpha value is -2.61. The number of aliphatic carboxylic acids is 1. The number of hydrogen-bond donors (Lipinski definition) is 4. The Morgan fingerprint density at radius 1 is 1.11 bits per heavy atom. The van der Waals surface area contributed by atoms with Gasteiger partial charge in [0, 0.05) is 0 Å². The summed E-state index contributed by atoms with van der Waals surface area (Å²) in [5, 5.41) is 24.2. The SMILES string of the molecule is C[C@@H](O)[C@H](NC(=O)OCc1ccccc1)C(=O)N[C@@H](C(=O)O)C1CCCCC1. The molecule has 28 heavy (non-hydrogen) atoms. The lowest BCUT2D eigenvalue weighted by atomic mass is 9.83. The summed E-state index contributed by atoms with van der Waals surface area (Å²) in [4.78, 5) is 36.2. The predicted molar refractivity (Wildman–Crippen MR) is 101 cm³/mol. The van der Waals surface area contributed by atoms with Crippen LogP contribution in [0.4, 0.5) is 4.79 Å². The first kappa shape index (κ1) is 21.7. The van der Waals surface area contributed by atoms with Crippen molar-refractivity contribution in [3.8, 4) is 0 Å². The fraction of sp³-hybridized carbons (Fsp3) is 0.550. The first-order valence-corrected chi connectivity index (χ1v) is 9.57. The lowest BCUT2D eigenvalue weighted by Crippen LogP contribution is -2.57. The molecule has 2 amide bonds. The van der Waals surface area contributed by atoms with Crippen molar-refractivity contribution in [3.63, 3.8) is 0 Å². The number of carboxylic acids is 1. The van der Waals surface area contributed by atoms with E-state index < -0.39 is 36.2 Å². The van der Waals surface area contributed by atoms with E-state index in [1.54, 1.807) is 24.3 Å². The van der Waals surface area contributed by atoms with Crippen LogP contribution in [0.1, 0.15) is 44.6 Å². The summed E-state index contributed by atoms with van der Waals surface area (Å²) in [6, 6.07) is 6.66. The zero-order valence-electron chi connectivity index (χ0n) is 16.0. The highest BCUT2D eigenvalue weighted by atomic mass is 16.5. The molecule has 1 aliphatic carbocycles. The first-order valence-electron chi connectivity index (χ1n) is 9.57. The number of hydrogen-bond acceptors (Lipinski definition) is 5. The number of amides is 2. The van der Waals surface area contributed by atoms with Gasteiger partial charge in [0.05, 0.1) is 6.10 Å². The highest BCUT2D eigenvalue weighted by Crippen LogP contribution is 2.26. The minimum Gasteiger partial charge on any atom is -0.480 e. The molecule has 0 heterocycles. The average Bonchev–Trinajstić information content (AvgIpc) is 2.69. The fourth-order valence-corrected chi connectivity index (χ4v) is 3.39. The van der Waals surface area contributed by atoms with E-state index >= 15 is 0 Å². The molecule has 0 spiro atoms. The molecule has 0 saturated heterocycles. The van der Waals surface area contributed by atoms with Crippen molar-refractivity contribution < 1.29 is 29.3 Å². The molecule has 2 rings (SSSR count). The third kappa shape index (κ3) is 6.53. The minimum absolute atomic E-state index is 0.0145. The number of carbonyl (C=O) groups is 3. The van der Waals surface area contributed by atoms with Crippen LogP contribution in [0.3, 0.4) is 0 Å². The van der Waals surface area contributed by atoms with Crippen LogP contribution in [0.5, 0.6) is 0 Å². The second kappa shape index (κ2) is 10.7. The van der Waals surface area contributed by atoms with E-state index in [9.17, 15) is 24.6 Å². The molecule has 3 atom stereocenters. The number of carboxylic acid groups (broad SMARTS) is 1. The van der Waals surface area contributed by atoms with Crippen molar-refractivity contribution in [1.82, 2.24) is 10.6 Å². The second-order valence-corrected chi connectivity index (χ2v) is 7.15. The Balaban J connectivity index is 1.94. The molecule has 1 aliphatic rings. The molecule has 4 N–H and O–H groups in total. The molecule has 0 aromatic heterocycles. The number of alkyl carbamates (subject to hydrolysis) is 1. The molecule has 1 aromatic rings. The van der Waals surface area contributed by atoms with Crippen LogP contribution in [0.25, 0.3) is 0 Å². The Bertz CT molecular complexity index is 658. The van der Waals surface area contributed by atoms with E-state index in [2.05, 4.69) is 10.6 Å². The molecule has 0 aliphatic heterocycles. The number of ether oxygens (including phenoxy) is 1. The number of carbonyl (C=O) groups excluding carboxylic acids is 2. The third-order valence-electron chi connectivity index (χ3n) is 4.94. The van der Waals surface area contributed by atoms with Gasteiger partial charge in [-0.15, -0.1) is 0 Å². The topological polar surface area (TPSA) is 125 Å². The molecule has 154 valence electrons. The summed E-state index contributed by atoms with van der Waals surface area (Å²) in [5.41, 5.74) is 0.777. The summed E-state index contributed by atoms with van der Waals surface area (Å²) < 4.78 is 5.07. The van der Waals surface area contributed by atoms with Gasteiger partial charge in [-0.2, -0.15) is 0 Å². The number of nitrogens with one attached hydrogen (secondary N) is 2. The van der Waals surface area contributed by atoms with Crippen molar-refractivity contribution in [2.45, 2.75) is 63.8 Å². The summed E-state index contributed by atoms with van der Waals surface area (Å²) in [5.74, 6) is -2.02. The maximum absolute atomic E-state index is 12.5. The van der Waals surface area contributed by atoms with E-state index in [1.165, 1.54) is 6.92 Å². The summed E-state index contributed by atoms with van der Waals surface area (Å²) in [7, 11) is 0. The zero-order chi connectivity index (χ0) is 20.5. The van der Waals surface area contributed by atoms with Gasteiger partial charge in [-0.3, -0.25) is 4.79 Å². The molecular formula is C20H28N2O6. The van der Waals surface area contributed by atoms with Gasteiger partial charge in [0.1, 0.15) is 18.7 Å². The van der Waals surface area contributed by atoms with Crippen molar-refractivity contribution in [3.05, 3.63) is 35.9 Å².